The van der Waals surface area contributed by atoms with E-state index in [1.165, 1.54) is 23.5 Å². The molecular weight excluding hydrogens is 442 g/mol. The van der Waals surface area contributed by atoms with Crippen LogP contribution in [0.2, 0.25) is 0 Å². The first-order chi connectivity index (χ1) is 15.3. The fourth-order valence-corrected chi connectivity index (χ4v) is 5.67. The van der Waals surface area contributed by atoms with Gasteiger partial charge in [0, 0.05) is 6.54 Å². The lowest BCUT2D eigenvalue weighted by molar-refractivity contribution is 0.0998. The second-order valence-electron chi connectivity index (χ2n) is 7.48. The van der Waals surface area contributed by atoms with E-state index < -0.39 is 15.9 Å². The summed E-state index contributed by atoms with van der Waals surface area (Å²) >= 11 is 1.44. The van der Waals surface area contributed by atoms with Crippen LogP contribution in [-0.4, -0.2) is 18.9 Å². The number of rotatable bonds is 5. The lowest BCUT2D eigenvalue weighted by Gasteiger charge is -2.11. The van der Waals surface area contributed by atoms with E-state index in [9.17, 15) is 13.2 Å². The fourth-order valence-electron chi connectivity index (χ4n) is 3.40. The van der Waals surface area contributed by atoms with Gasteiger partial charge in [-0.05, 0) is 62.7 Å². The van der Waals surface area contributed by atoms with E-state index in [-0.39, 0.29) is 16.1 Å². The lowest BCUT2D eigenvalue weighted by Crippen LogP contribution is -2.18. The molecule has 4 aromatic rings. The number of aromatic nitrogens is 1. The minimum Gasteiger partial charge on any atom is -0.317 e. The third-order valence-electron chi connectivity index (χ3n) is 5.08. The molecule has 0 atom stereocenters. The van der Waals surface area contributed by atoms with E-state index in [0.717, 1.165) is 21.3 Å². The van der Waals surface area contributed by atoms with Crippen LogP contribution in [0, 0.1) is 13.8 Å². The van der Waals surface area contributed by atoms with Crippen molar-refractivity contribution in [3.63, 3.8) is 0 Å². The molecule has 6 nitrogen and oxygen atoms in total. The number of amides is 1. The Hall–Kier alpha value is -3.23. The van der Waals surface area contributed by atoms with E-state index in [0.29, 0.717) is 11.3 Å². The third kappa shape index (κ3) is 4.37. The van der Waals surface area contributed by atoms with Crippen molar-refractivity contribution < 1.29 is 13.2 Å². The summed E-state index contributed by atoms with van der Waals surface area (Å²) in [6.07, 6.45) is 0. The number of fused-ring (bicyclic) bond motifs is 1. The molecule has 0 unspecified atom stereocenters. The summed E-state index contributed by atoms with van der Waals surface area (Å²) in [7, 11) is -3.84. The van der Waals surface area contributed by atoms with Crippen molar-refractivity contribution in [1.29, 1.82) is 0 Å². The molecule has 1 amide bonds. The van der Waals surface area contributed by atoms with Crippen molar-refractivity contribution in [3.05, 3.63) is 88.2 Å². The zero-order valence-corrected chi connectivity index (χ0v) is 19.6. The SMILES string of the molecule is CCn1c(=NC(=O)c2ccccc2NS(=O)(=O)c2ccc(C)cc2)sc2cc(C)ccc21. The topological polar surface area (TPSA) is 80.5 Å². The molecule has 0 spiro atoms. The molecule has 4 rings (SSSR count). The number of nitrogens with one attached hydrogen (secondary N) is 1. The second-order valence-corrected chi connectivity index (χ2v) is 10.2. The smallest absolute Gasteiger partial charge is 0.281 e. The van der Waals surface area contributed by atoms with Gasteiger partial charge in [0.25, 0.3) is 15.9 Å². The average Bonchev–Trinajstić information content (AvgIpc) is 3.09. The first kappa shape index (κ1) is 22.0. The highest BCUT2D eigenvalue weighted by Gasteiger charge is 2.19. The first-order valence-electron chi connectivity index (χ1n) is 10.2. The van der Waals surface area contributed by atoms with Gasteiger partial charge in [-0.2, -0.15) is 4.99 Å². The van der Waals surface area contributed by atoms with Gasteiger partial charge < -0.3 is 4.57 Å². The van der Waals surface area contributed by atoms with Crippen molar-refractivity contribution >= 4 is 43.2 Å². The van der Waals surface area contributed by atoms with Crippen molar-refractivity contribution in [1.82, 2.24) is 4.57 Å². The predicted molar refractivity (Wildman–Crippen MR) is 129 cm³/mol. The van der Waals surface area contributed by atoms with Crippen LogP contribution in [0.25, 0.3) is 10.2 Å². The van der Waals surface area contributed by atoms with Crippen LogP contribution in [-0.2, 0) is 16.6 Å². The maximum absolute atomic E-state index is 13.1. The normalized spacial score (nSPS) is 12.3. The summed E-state index contributed by atoms with van der Waals surface area (Å²) in [6, 6.07) is 19.2. The van der Waals surface area contributed by atoms with Gasteiger partial charge in [0.2, 0.25) is 0 Å². The number of para-hydroxylation sites is 1. The standard InChI is InChI=1S/C24H23N3O3S2/c1-4-27-21-14-11-17(3)15-22(21)31-24(27)25-23(28)19-7-5-6-8-20(19)26-32(29,30)18-12-9-16(2)10-13-18/h5-15,26H,4H2,1-3H3. The van der Waals surface area contributed by atoms with Gasteiger partial charge in [0.15, 0.2) is 4.80 Å². The van der Waals surface area contributed by atoms with Gasteiger partial charge in [-0.25, -0.2) is 8.42 Å². The molecule has 0 saturated heterocycles. The van der Waals surface area contributed by atoms with Crippen molar-refractivity contribution in [2.75, 3.05) is 4.72 Å². The van der Waals surface area contributed by atoms with Crippen LogP contribution >= 0.6 is 11.3 Å². The summed E-state index contributed by atoms with van der Waals surface area (Å²) in [6.45, 7) is 6.57. The van der Waals surface area contributed by atoms with E-state index in [1.54, 1.807) is 36.4 Å². The quantitative estimate of drug-likeness (QED) is 0.456. The van der Waals surface area contributed by atoms with Crippen LogP contribution in [0.15, 0.2) is 76.6 Å². The molecule has 0 aliphatic heterocycles. The number of thiazole rings is 1. The number of nitrogens with zero attached hydrogens (tertiary/aromatic N) is 2. The van der Waals surface area contributed by atoms with Crippen molar-refractivity contribution in [2.45, 2.75) is 32.2 Å². The molecule has 0 radical (unpaired) electrons. The van der Waals surface area contributed by atoms with E-state index in [1.807, 2.05) is 37.5 Å². The van der Waals surface area contributed by atoms with Crippen molar-refractivity contribution in [3.8, 4) is 0 Å². The summed E-state index contributed by atoms with van der Waals surface area (Å²) in [5.41, 5.74) is 3.50. The zero-order valence-electron chi connectivity index (χ0n) is 18.0. The fraction of sp³-hybridized carbons (Fsp3) is 0.167. The molecule has 164 valence electrons. The van der Waals surface area contributed by atoms with Gasteiger partial charge in [-0.3, -0.25) is 9.52 Å². The summed E-state index contributed by atoms with van der Waals surface area (Å²) in [5, 5.41) is 0. The Kier molecular flexibility index (Phi) is 5.99. The zero-order chi connectivity index (χ0) is 22.9. The number of carbonyl (C=O) groups is 1. The maximum Gasteiger partial charge on any atom is 0.281 e. The number of sulfonamides is 1. The highest BCUT2D eigenvalue weighted by atomic mass is 32.2. The van der Waals surface area contributed by atoms with Crippen LogP contribution in [0.4, 0.5) is 5.69 Å². The molecular formula is C24H23N3O3S2. The van der Waals surface area contributed by atoms with Crippen LogP contribution < -0.4 is 9.52 Å². The number of carbonyl (C=O) groups excluding carboxylic acids is 1. The van der Waals surface area contributed by atoms with Gasteiger partial charge in [-0.15, -0.1) is 0 Å². The van der Waals surface area contributed by atoms with Gasteiger partial charge >= 0.3 is 0 Å². The van der Waals surface area contributed by atoms with Crippen LogP contribution in [0.1, 0.15) is 28.4 Å². The molecule has 3 aromatic carbocycles. The lowest BCUT2D eigenvalue weighted by atomic mass is 10.2. The minimum atomic E-state index is -3.84. The molecule has 0 bridgehead atoms. The van der Waals surface area contributed by atoms with Crippen LogP contribution in [0.5, 0.6) is 0 Å². The molecule has 1 N–H and O–H groups in total. The van der Waals surface area contributed by atoms with E-state index in [4.69, 9.17) is 0 Å². The van der Waals surface area contributed by atoms with Gasteiger partial charge in [-0.1, -0.05) is 47.2 Å². The largest absolute Gasteiger partial charge is 0.317 e. The maximum atomic E-state index is 13.1. The number of aryl methyl sites for hydroxylation is 3. The molecule has 0 saturated carbocycles. The molecule has 1 heterocycles. The Morgan fingerprint density at radius 2 is 1.69 bits per heavy atom. The highest BCUT2D eigenvalue weighted by molar-refractivity contribution is 7.92. The Morgan fingerprint density at radius 1 is 1.00 bits per heavy atom. The number of anilines is 1. The Bertz CT molecular complexity index is 1480. The van der Waals surface area contributed by atoms with E-state index in [2.05, 4.69) is 15.8 Å². The van der Waals surface area contributed by atoms with Gasteiger partial charge in [0.05, 0.1) is 26.4 Å². The van der Waals surface area contributed by atoms with Crippen molar-refractivity contribution in [2.24, 2.45) is 4.99 Å². The second kappa shape index (κ2) is 8.72. The number of benzene rings is 3. The molecule has 8 heteroatoms. The number of hydrogen-bond donors (Lipinski definition) is 1. The Labute approximate surface area is 190 Å². The first-order valence-corrected chi connectivity index (χ1v) is 12.5. The molecule has 0 aliphatic rings. The predicted octanol–water partition coefficient (Wildman–Crippen LogP) is 4.88. The Balaban J connectivity index is 1.74. The average molecular weight is 466 g/mol. The Morgan fingerprint density at radius 3 is 2.41 bits per heavy atom. The minimum absolute atomic E-state index is 0.131. The molecule has 0 aliphatic carbocycles. The van der Waals surface area contributed by atoms with Crippen LogP contribution in [0.3, 0.4) is 0 Å². The summed E-state index contributed by atoms with van der Waals surface area (Å²) < 4.78 is 31.3. The molecule has 32 heavy (non-hydrogen) atoms. The molecule has 1 aromatic heterocycles. The van der Waals surface area contributed by atoms with E-state index >= 15 is 0 Å². The number of hydrogen-bond acceptors (Lipinski definition) is 4. The molecule has 0 fully saturated rings. The monoisotopic (exact) mass is 465 g/mol. The third-order valence-corrected chi connectivity index (χ3v) is 7.51. The summed E-state index contributed by atoms with van der Waals surface area (Å²) in [5.74, 6) is -0.502. The van der Waals surface area contributed by atoms with Gasteiger partial charge in [0.1, 0.15) is 0 Å². The summed E-state index contributed by atoms with van der Waals surface area (Å²) in [4.78, 5) is 18.2. The highest BCUT2D eigenvalue weighted by Crippen LogP contribution is 2.22.